The van der Waals surface area contributed by atoms with Gasteiger partial charge in [-0.25, -0.2) is 0 Å². The summed E-state index contributed by atoms with van der Waals surface area (Å²) in [6, 6.07) is 0. The fourth-order valence-electron chi connectivity index (χ4n) is 0.584. The van der Waals surface area contributed by atoms with Crippen molar-refractivity contribution in [2.24, 2.45) is 0 Å². The van der Waals surface area contributed by atoms with E-state index in [1.807, 2.05) is 20.8 Å². The Morgan fingerprint density at radius 3 is 1.85 bits per heavy atom. The van der Waals surface area contributed by atoms with Crippen LogP contribution in [0.5, 0.6) is 0 Å². The van der Waals surface area contributed by atoms with E-state index in [4.69, 9.17) is 0 Å². The lowest BCUT2D eigenvalue weighted by Crippen LogP contribution is -2.17. The van der Waals surface area contributed by atoms with E-state index in [1.54, 1.807) is 0 Å². The highest BCUT2D eigenvalue weighted by atomic mass is 32.2. The molecule has 1 heterocycles. The molecule has 0 amide bonds. The summed E-state index contributed by atoms with van der Waals surface area (Å²) in [5.41, 5.74) is -0.318. The molecule has 4 heteroatoms. The molecule has 0 unspecified atom stereocenters. The van der Waals surface area contributed by atoms with Crippen molar-refractivity contribution in [3.8, 4) is 0 Å². The minimum atomic E-state index is -0.318. The van der Waals surface area contributed by atoms with Crippen LogP contribution in [0.15, 0.2) is 0 Å². The summed E-state index contributed by atoms with van der Waals surface area (Å²) in [6.07, 6.45) is 1.43. The molecule has 0 aromatic carbocycles. The smallest absolute Gasteiger partial charge is 0.293 e. The van der Waals surface area contributed by atoms with Gasteiger partial charge in [-0.2, -0.15) is 23.5 Å². The molecule has 0 radical (unpaired) electrons. The number of hydrogen-bond acceptors (Lipinski definition) is 4. The summed E-state index contributed by atoms with van der Waals surface area (Å²) in [5, 5.41) is 1.33. The summed E-state index contributed by atoms with van der Waals surface area (Å²) in [4.78, 5) is 9.60. The lowest BCUT2D eigenvalue weighted by molar-refractivity contribution is -0.138. The molecule has 0 atom stereocenters. The number of thioether (sulfide) groups is 2. The molecule has 0 N–H and O–H groups in total. The highest BCUT2D eigenvalue weighted by Gasteiger charge is 2.07. The van der Waals surface area contributed by atoms with E-state index < -0.39 is 0 Å². The van der Waals surface area contributed by atoms with Crippen molar-refractivity contribution in [3.63, 3.8) is 0 Å². The van der Waals surface area contributed by atoms with Crippen LogP contribution in [0, 0.1) is 0 Å². The molecular weight excluding hydrogens is 204 g/mol. The van der Waals surface area contributed by atoms with Crippen molar-refractivity contribution in [1.29, 1.82) is 0 Å². The van der Waals surface area contributed by atoms with Crippen LogP contribution in [-0.2, 0) is 9.53 Å². The molecule has 0 aliphatic carbocycles. The van der Waals surface area contributed by atoms with Crippen molar-refractivity contribution in [3.05, 3.63) is 0 Å². The zero-order valence-corrected chi connectivity index (χ0v) is 10.2. The molecular formula is C9H18O2S2. The Balaban J connectivity index is 0.000000223. The Morgan fingerprint density at radius 2 is 1.77 bits per heavy atom. The van der Waals surface area contributed by atoms with E-state index in [0.29, 0.717) is 6.47 Å². The Kier molecular flexibility index (Phi) is 7.66. The van der Waals surface area contributed by atoms with Crippen molar-refractivity contribution in [1.82, 2.24) is 0 Å². The highest BCUT2D eigenvalue weighted by molar-refractivity contribution is 8.16. The molecule has 0 saturated carbocycles. The van der Waals surface area contributed by atoms with Crippen LogP contribution < -0.4 is 0 Å². The third-order valence-corrected chi connectivity index (χ3v) is 3.63. The van der Waals surface area contributed by atoms with Crippen LogP contribution in [0.2, 0.25) is 0 Å². The molecule has 0 spiro atoms. The van der Waals surface area contributed by atoms with E-state index in [9.17, 15) is 4.79 Å². The first-order valence-corrected chi connectivity index (χ1v) is 6.64. The van der Waals surface area contributed by atoms with E-state index >= 15 is 0 Å². The maximum Gasteiger partial charge on any atom is 0.293 e. The number of hydrogen-bond donors (Lipinski definition) is 0. The molecule has 1 aliphatic heterocycles. The topological polar surface area (TPSA) is 26.3 Å². The maximum absolute atomic E-state index is 9.60. The lowest BCUT2D eigenvalue weighted by Gasteiger charge is -2.14. The number of ether oxygens (including phenoxy) is 1. The fourth-order valence-corrected chi connectivity index (χ4v) is 2.88. The molecule has 0 bridgehead atoms. The average molecular weight is 222 g/mol. The third kappa shape index (κ3) is 12.2. The standard InChI is InChI=1S/C5H10O2.C4H8S2/c1-5(2,3)7-4-6;1-2-5-4-6-3-1/h4H,1-3H3;1-4H2. The van der Waals surface area contributed by atoms with Gasteiger partial charge in [0.25, 0.3) is 6.47 Å². The van der Waals surface area contributed by atoms with E-state index in [2.05, 4.69) is 28.3 Å². The molecule has 1 saturated heterocycles. The van der Waals surface area contributed by atoms with Gasteiger partial charge in [0.1, 0.15) is 5.60 Å². The molecule has 1 aliphatic rings. The van der Waals surface area contributed by atoms with Gasteiger partial charge in [0, 0.05) is 5.08 Å². The van der Waals surface area contributed by atoms with Crippen molar-refractivity contribution in [2.45, 2.75) is 32.8 Å². The van der Waals surface area contributed by atoms with Crippen molar-refractivity contribution in [2.75, 3.05) is 16.6 Å². The average Bonchev–Trinajstić information content (AvgIpc) is 2.06. The van der Waals surface area contributed by atoms with Gasteiger partial charge < -0.3 is 4.74 Å². The maximum atomic E-state index is 9.60. The highest BCUT2D eigenvalue weighted by Crippen LogP contribution is 2.19. The van der Waals surface area contributed by atoms with E-state index in [1.165, 1.54) is 23.0 Å². The molecule has 13 heavy (non-hydrogen) atoms. The SMILES string of the molecule is C1CSCSC1.CC(C)(C)OC=O. The second kappa shape index (κ2) is 7.56. The first-order chi connectivity index (χ1) is 6.06. The predicted molar refractivity (Wildman–Crippen MR) is 61.3 cm³/mol. The number of rotatable bonds is 1. The van der Waals surface area contributed by atoms with Gasteiger partial charge in [-0.15, -0.1) is 0 Å². The van der Waals surface area contributed by atoms with Gasteiger partial charge in [0.2, 0.25) is 0 Å². The van der Waals surface area contributed by atoms with Crippen molar-refractivity contribution < 1.29 is 9.53 Å². The van der Waals surface area contributed by atoms with Gasteiger partial charge in [-0.05, 0) is 38.7 Å². The van der Waals surface area contributed by atoms with E-state index in [0.717, 1.165) is 0 Å². The van der Waals surface area contributed by atoms with Gasteiger partial charge >= 0.3 is 0 Å². The summed E-state index contributed by atoms with van der Waals surface area (Å²) >= 11 is 4.12. The number of carbonyl (C=O) groups is 1. The normalized spacial score (nSPS) is 16.8. The second-order valence-electron chi connectivity index (χ2n) is 3.61. The lowest BCUT2D eigenvalue weighted by atomic mass is 10.2. The number of carbonyl (C=O) groups excluding carboxylic acids is 1. The van der Waals surface area contributed by atoms with Crippen LogP contribution in [0.25, 0.3) is 0 Å². The summed E-state index contributed by atoms with van der Waals surface area (Å²) in [7, 11) is 0. The monoisotopic (exact) mass is 222 g/mol. The summed E-state index contributed by atoms with van der Waals surface area (Å²) < 4.78 is 4.55. The van der Waals surface area contributed by atoms with Gasteiger partial charge in [-0.1, -0.05) is 0 Å². The summed E-state index contributed by atoms with van der Waals surface area (Å²) in [6.45, 7) is 5.92. The Labute approximate surface area is 89.2 Å². The molecule has 1 fully saturated rings. The van der Waals surface area contributed by atoms with Gasteiger partial charge in [0.05, 0.1) is 0 Å². The Hall–Kier alpha value is 0.170. The first kappa shape index (κ1) is 13.2. The Morgan fingerprint density at radius 1 is 1.23 bits per heavy atom. The quantitative estimate of drug-likeness (QED) is 0.637. The zero-order valence-electron chi connectivity index (χ0n) is 8.54. The van der Waals surface area contributed by atoms with Crippen LogP contribution in [-0.4, -0.2) is 28.7 Å². The fraction of sp³-hybridized carbons (Fsp3) is 0.889. The minimum absolute atomic E-state index is 0.318. The van der Waals surface area contributed by atoms with Gasteiger partial charge in [-0.3, -0.25) is 4.79 Å². The van der Waals surface area contributed by atoms with Crippen LogP contribution in [0.1, 0.15) is 27.2 Å². The molecule has 1 rings (SSSR count). The summed E-state index contributed by atoms with van der Waals surface area (Å²) in [5.74, 6) is 2.79. The molecule has 2 nitrogen and oxygen atoms in total. The predicted octanol–water partition coefficient (Wildman–Crippen LogP) is 2.77. The van der Waals surface area contributed by atoms with Crippen LogP contribution in [0.4, 0.5) is 0 Å². The van der Waals surface area contributed by atoms with Gasteiger partial charge in [0.15, 0.2) is 0 Å². The Bertz CT molecular complexity index is 117. The van der Waals surface area contributed by atoms with Crippen LogP contribution in [0.3, 0.4) is 0 Å². The molecule has 0 aromatic rings. The van der Waals surface area contributed by atoms with Crippen LogP contribution >= 0.6 is 23.5 Å². The third-order valence-electron chi connectivity index (χ3n) is 1.15. The minimum Gasteiger partial charge on any atom is -0.462 e. The zero-order chi connectivity index (χ0) is 10.2. The molecule has 0 aromatic heterocycles. The van der Waals surface area contributed by atoms with Crippen molar-refractivity contribution >= 4 is 30.0 Å². The second-order valence-corrected chi connectivity index (χ2v) is 6.19. The first-order valence-electron chi connectivity index (χ1n) is 4.33. The van der Waals surface area contributed by atoms with E-state index in [-0.39, 0.29) is 5.60 Å². The molecule has 78 valence electrons. The largest absolute Gasteiger partial charge is 0.462 e.